The molecule has 0 aliphatic carbocycles. The van der Waals surface area contributed by atoms with Crippen molar-refractivity contribution in [1.82, 2.24) is 4.98 Å². The Morgan fingerprint density at radius 2 is 2.31 bits per heavy atom. The van der Waals surface area contributed by atoms with Gasteiger partial charge in [0.05, 0.1) is 11.1 Å². The van der Waals surface area contributed by atoms with E-state index in [0.717, 1.165) is 4.47 Å². The van der Waals surface area contributed by atoms with E-state index < -0.39 is 5.41 Å². The summed E-state index contributed by atoms with van der Waals surface area (Å²) in [5.74, 6) is -0.184. The SMILES string of the molecule is CC(C)(CN)C(=O)Nc1cc(Br)cnc1Cl. The molecule has 1 aromatic rings. The number of nitrogens with two attached hydrogens (primary N) is 1. The van der Waals surface area contributed by atoms with E-state index in [1.807, 2.05) is 0 Å². The van der Waals surface area contributed by atoms with E-state index in [-0.39, 0.29) is 17.6 Å². The molecule has 88 valence electrons. The van der Waals surface area contributed by atoms with Gasteiger partial charge in [0.1, 0.15) is 0 Å². The first-order chi connectivity index (χ1) is 7.36. The van der Waals surface area contributed by atoms with Crippen molar-refractivity contribution in [3.8, 4) is 0 Å². The quantitative estimate of drug-likeness (QED) is 0.843. The lowest BCUT2D eigenvalue weighted by atomic mass is 9.92. The summed E-state index contributed by atoms with van der Waals surface area (Å²) < 4.78 is 0.748. The van der Waals surface area contributed by atoms with Gasteiger partial charge in [-0.25, -0.2) is 4.98 Å². The van der Waals surface area contributed by atoms with E-state index in [0.29, 0.717) is 5.69 Å². The van der Waals surface area contributed by atoms with Crippen LogP contribution >= 0.6 is 27.5 Å². The van der Waals surface area contributed by atoms with Gasteiger partial charge in [-0.1, -0.05) is 11.6 Å². The minimum atomic E-state index is -0.633. The van der Waals surface area contributed by atoms with Crippen LogP contribution in [0.15, 0.2) is 16.7 Å². The molecule has 0 spiro atoms. The van der Waals surface area contributed by atoms with Crippen LogP contribution in [0.5, 0.6) is 0 Å². The van der Waals surface area contributed by atoms with Crippen molar-refractivity contribution in [3.05, 3.63) is 21.9 Å². The van der Waals surface area contributed by atoms with E-state index in [4.69, 9.17) is 17.3 Å². The average molecular weight is 307 g/mol. The van der Waals surface area contributed by atoms with Crippen molar-refractivity contribution in [1.29, 1.82) is 0 Å². The molecule has 6 heteroatoms. The molecule has 0 bridgehead atoms. The highest BCUT2D eigenvalue weighted by molar-refractivity contribution is 9.10. The van der Waals surface area contributed by atoms with Crippen molar-refractivity contribution in [3.63, 3.8) is 0 Å². The van der Waals surface area contributed by atoms with Gasteiger partial charge in [-0.05, 0) is 35.8 Å². The van der Waals surface area contributed by atoms with E-state index >= 15 is 0 Å². The van der Waals surface area contributed by atoms with Crippen molar-refractivity contribution in [2.45, 2.75) is 13.8 Å². The lowest BCUT2D eigenvalue weighted by molar-refractivity contribution is -0.123. The minimum absolute atomic E-state index is 0.184. The van der Waals surface area contributed by atoms with Crippen LogP contribution < -0.4 is 11.1 Å². The Balaban J connectivity index is 2.89. The second-order valence-corrected chi connectivity index (χ2v) is 5.31. The molecular formula is C10H13BrClN3O. The van der Waals surface area contributed by atoms with Gasteiger partial charge in [-0.2, -0.15) is 0 Å². The Labute approximate surface area is 108 Å². The summed E-state index contributed by atoms with van der Waals surface area (Å²) >= 11 is 9.11. The Hall–Kier alpha value is -0.650. The van der Waals surface area contributed by atoms with Crippen LogP contribution in [0.3, 0.4) is 0 Å². The van der Waals surface area contributed by atoms with E-state index in [1.165, 1.54) is 0 Å². The lowest BCUT2D eigenvalue weighted by Gasteiger charge is -2.21. The van der Waals surface area contributed by atoms with Crippen LogP contribution in [0.25, 0.3) is 0 Å². The number of nitrogens with one attached hydrogen (secondary N) is 1. The van der Waals surface area contributed by atoms with Crippen LogP contribution in [0.2, 0.25) is 5.15 Å². The zero-order valence-corrected chi connectivity index (χ0v) is 11.4. The maximum Gasteiger partial charge on any atom is 0.231 e. The molecule has 3 N–H and O–H groups in total. The van der Waals surface area contributed by atoms with Gasteiger partial charge in [0, 0.05) is 17.2 Å². The molecule has 1 rings (SSSR count). The number of carbonyl (C=O) groups excluding carboxylic acids is 1. The summed E-state index contributed by atoms with van der Waals surface area (Å²) in [7, 11) is 0. The molecule has 0 aliphatic rings. The van der Waals surface area contributed by atoms with Crippen LogP contribution in [-0.2, 0) is 4.79 Å². The molecule has 0 aromatic carbocycles. The van der Waals surface area contributed by atoms with Gasteiger partial charge < -0.3 is 11.1 Å². The number of halogens is 2. The molecule has 0 radical (unpaired) electrons. The largest absolute Gasteiger partial charge is 0.329 e. The number of hydrogen-bond acceptors (Lipinski definition) is 3. The second kappa shape index (κ2) is 5.12. The van der Waals surface area contributed by atoms with E-state index in [2.05, 4.69) is 26.2 Å². The van der Waals surface area contributed by atoms with Gasteiger partial charge in [-0.15, -0.1) is 0 Å². The lowest BCUT2D eigenvalue weighted by Crippen LogP contribution is -2.37. The zero-order valence-electron chi connectivity index (χ0n) is 9.05. The predicted octanol–water partition coefficient (Wildman–Crippen LogP) is 2.42. The number of hydrogen-bond donors (Lipinski definition) is 2. The molecule has 1 aromatic heterocycles. The number of aromatic nitrogens is 1. The zero-order chi connectivity index (χ0) is 12.3. The summed E-state index contributed by atoms with van der Waals surface area (Å²) in [4.78, 5) is 15.7. The van der Waals surface area contributed by atoms with Crippen molar-refractivity contribution >= 4 is 39.1 Å². The monoisotopic (exact) mass is 305 g/mol. The summed E-state index contributed by atoms with van der Waals surface area (Å²) in [6.45, 7) is 3.79. The normalized spacial score (nSPS) is 11.3. The fourth-order valence-corrected chi connectivity index (χ4v) is 1.38. The first-order valence-corrected chi connectivity index (χ1v) is 5.86. The molecule has 0 aliphatic heterocycles. The van der Waals surface area contributed by atoms with Crippen molar-refractivity contribution in [2.24, 2.45) is 11.1 Å². The van der Waals surface area contributed by atoms with Crippen molar-refractivity contribution in [2.75, 3.05) is 11.9 Å². The Morgan fingerprint density at radius 1 is 1.69 bits per heavy atom. The molecule has 4 nitrogen and oxygen atoms in total. The average Bonchev–Trinajstić information content (AvgIpc) is 2.23. The third-order valence-corrected chi connectivity index (χ3v) is 2.91. The molecule has 16 heavy (non-hydrogen) atoms. The number of anilines is 1. The molecular weight excluding hydrogens is 293 g/mol. The maximum atomic E-state index is 11.8. The Bertz CT molecular complexity index is 409. The third-order valence-electron chi connectivity index (χ3n) is 2.18. The first-order valence-electron chi connectivity index (χ1n) is 4.69. The maximum absolute atomic E-state index is 11.8. The van der Waals surface area contributed by atoms with Crippen LogP contribution in [0.4, 0.5) is 5.69 Å². The fraction of sp³-hybridized carbons (Fsp3) is 0.400. The second-order valence-electron chi connectivity index (χ2n) is 4.03. The van der Waals surface area contributed by atoms with Gasteiger partial charge in [-0.3, -0.25) is 4.79 Å². The highest BCUT2D eigenvalue weighted by atomic mass is 79.9. The van der Waals surface area contributed by atoms with Crippen LogP contribution in [0.1, 0.15) is 13.8 Å². The molecule has 0 saturated heterocycles. The highest BCUT2D eigenvalue weighted by Gasteiger charge is 2.26. The van der Waals surface area contributed by atoms with Crippen LogP contribution in [-0.4, -0.2) is 17.4 Å². The number of amides is 1. The summed E-state index contributed by atoms with van der Waals surface area (Å²) in [5, 5.41) is 2.95. The van der Waals surface area contributed by atoms with Crippen LogP contribution in [0, 0.1) is 5.41 Å². The summed E-state index contributed by atoms with van der Waals surface area (Å²) in [6.07, 6.45) is 1.56. The highest BCUT2D eigenvalue weighted by Crippen LogP contribution is 2.25. The minimum Gasteiger partial charge on any atom is -0.329 e. The molecule has 0 atom stereocenters. The molecule has 0 fully saturated rings. The van der Waals surface area contributed by atoms with Gasteiger partial charge in [0.25, 0.3) is 0 Å². The van der Waals surface area contributed by atoms with Gasteiger partial charge >= 0.3 is 0 Å². The first kappa shape index (κ1) is 13.4. The summed E-state index contributed by atoms with van der Waals surface area (Å²) in [5.41, 5.74) is 5.35. The molecule has 0 unspecified atom stereocenters. The van der Waals surface area contributed by atoms with Crippen molar-refractivity contribution < 1.29 is 4.79 Å². The third kappa shape index (κ3) is 3.17. The number of pyridine rings is 1. The number of carbonyl (C=O) groups is 1. The number of nitrogens with zero attached hydrogens (tertiary/aromatic N) is 1. The Morgan fingerprint density at radius 3 is 2.88 bits per heavy atom. The predicted molar refractivity (Wildman–Crippen MR) is 68.4 cm³/mol. The molecule has 1 heterocycles. The Kier molecular flexibility index (Phi) is 4.29. The number of rotatable bonds is 3. The van der Waals surface area contributed by atoms with Gasteiger partial charge in [0.2, 0.25) is 5.91 Å². The van der Waals surface area contributed by atoms with E-state index in [9.17, 15) is 4.79 Å². The summed E-state index contributed by atoms with van der Waals surface area (Å²) in [6, 6.07) is 1.69. The topological polar surface area (TPSA) is 68.0 Å². The van der Waals surface area contributed by atoms with Gasteiger partial charge in [0.15, 0.2) is 5.15 Å². The van der Waals surface area contributed by atoms with E-state index in [1.54, 1.807) is 26.1 Å². The standard InChI is InChI=1S/C10H13BrClN3O/c1-10(2,5-13)9(16)15-7-3-6(11)4-14-8(7)12/h3-4H,5,13H2,1-2H3,(H,15,16). The molecule has 0 saturated carbocycles. The molecule has 1 amide bonds. The smallest absolute Gasteiger partial charge is 0.231 e. The fourth-order valence-electron chi connectivity index (χ4n) is 0.894.